The third-order valence-electron chi connectivity index (χ3n) is 5.98. The minimum atomic E-state index is -0.180. The maximum absolute atomic E-state index is 6.08. The van der Waals surface area contributed by atoms with Gasteiger partial charge in [0.2, 0.25) is 5.89 Å². The van der Waals surface area contributed by atoms with Gasteiger partial charge in [-0.15, -0.1) is 15.3 Å². The van der Waals surface area contributed by atoms with E-state index in [1.54, 1.807) is 12.4 Å². The first-order chi connectivity index (χ1) is 15.2. The molecule has 2 saturated heterocycles. The van der Waals surface area contributed by atoms with Gasteiger partial charge in [-0.05, 0) is 44.7 Å². The van der Waals surface area contributed by atoms with Crippen molar-refractivity contribution in [1.82, 2.24) is 30.4 Å². The molecule has 3 aromatic heterocycles. The highest BCUT2D eigenvalue weighted by molar-refractivity contribution is 5.50. The van der Waals surface area contributed by atoms with Crippen LogP contribution in [-0.2, 0) is 0 Å². The van der Waals surface area contributed by atoms with E-state index in [4.69, 9.17) is 10.2 Å². The number of anilines is 2. The first kappa shape index (κ1) is 19.8. The normalized spacial score (nSPS) is 20.3. The maximum Gasteiger partial charge on any atom is 0.268 e. The number of aromatic nitrogens is 6. The molecule has 0 radical (unpaired) electrons. The zero-order valence-electron chi connectivity index (χ0n) is 17.7. The molecule has 2 atom stereocenters. The lowest BCUT2D eigenvalue weighted by molar-refractivity contribution is 0.483. The van der Waals surface area contributed by atoms with Crippen LogP contribution in [0.15, 0.2) is 28.9 Å². The van der Waals surface area contributed by atoms with Crippen LogP contribution < -0.4 is 15.5 Å². The molecule has 10 heteroatoms. The number of hydrogen-bond acceptors (Lipinski definition) is 10. The molecule has 0 amide bonds. The Balaban J connectivity index is 1.31. The summed E-state index contributed by atoms with van der Waals surface area (Å²) in [5.74, 6) is 2.36. The van der Waals surface area contributed by atoms with Crippen molar-refractivity contribution in [3.8, 4) is 11.6 Å². The summed E-state index contributed by atoms with van der Waals surface area (Å²) in [6.45, 7) is 5.75. The summed E-state index contributed by atoms with van der Waals surface area (Å²) in [6, 6.07) is 4.14. The van der Waals surface area contributed by atoms with Gasteiger partial charge in [0, 0.05) is 32.2 Å². The summed E-state index contributed by atoms with van der Waals surface area (Å²) in [5.41, 5.74) is 7.44. The SMILES string of the molecule is CC(c1ccc(N2CCC[C@@H](N)C2)nn1)c1nnc(-c2cncc(N3CCCC3)n2)o1. The highest BCUT2D eigenvalue weighted by Gasteiger charge is 2.22. The van der Waals surface area contributed by atoms with Crippen LogP contribution in [0.25, 0.3) is 11.6 Å². The third kappa shape index (κ3) is 4.20. The number of nitrogens with zero attached hydrogens (tertiary/aromatic N) is 8. The van der Waals surface area contributed by atoms with Gasteiger partial charge in [0.05, 0.1) is 24.0 Å². The fourth-order valence-electron chi connectivity index (χ4n) is 4.15. The van der Waals surface area contributed by atoms with Crippen molar-refractivity contribution in [3.63, 3.8) is 0 Å². The summed E-state index contributed by atoms with van der Waals surface area (Å²) >= 11 is 0. The molecule has 10 nitrogen and oxygen atoms in total. The summed E-state index contributed by atoms with van der Waals surface area (Å²) in [7, 11) is 0. The Hall–Kier alpha value is -3.14. The van der Waals surface area contributed by atoms with E-state index in [9.17, 15) is 0 Å². The molecule has 1 unspecified atom stereocenters. The molecule has 2 fully saturated rings. The van der Waals surface area contributed by atoms with Crippen molar-refractivity contribution in [1.29, 1.82) is 0 Å². The highest BCUT2D eigenvalue weighted by Crippen LogP contribution is 2.26. The van der Waals surface area contributed by atoms with Crippen LogP contribution in [0.5, 0.6) is 0 Å². The zero-order chi connectivity index (χ0) is 21.2. The Morgan fingerprint density at radius 3 is 2.58 bits per heavy atom. The predicted octanol–water partition coefficient (Wildman–Crippen LogP) is 2.00. The third-order valence-corrected chi connectivity index (χ3v) is 5.98. The van der Waals surface area contributed by atoms with Crippen molar-refractivity contribution in [2.24, 2.45) is 5.73 Å². The lowest BCUT2D eigenvalue weighted by atomic mass is 10.1. The van der Waals surface area contributed by atoms with E-state index in [1.807, 2.05) is 19.1 Å². The smallest absolute Gasteiger partial charge is 0.268 e. The molecule has 3 aromatic rings. The molecule has 0 spiro atoms. The van der Waals surface area contributed by atoms with Crippen LogP contribution in [0.2, 0.25) is 0 Å². The topological polar surface area (TPSA) is 123 Å². The number of piperidine rings is 1. The fourth-order valence-corrected chi connectivity index (χ4v) is 4.15. The first-order valence-corrected chi connectivity index (χ1v) is 10.9. The highest BCUT2D eigenvalue weighted by atomic mass is 16.4. The Morgan fingerprint density at radius 1 is 0.968 bits per heavy atom. The van der Waals surface area contributed by atoms with Gasteiger partial charge in [-0.1, -0.05) is 0 Å². The van der Waals surface area contributed by atoms with Gasteiger partial charge in [-0.25, -0.2) is 4.98 Å². The molecular formula is C21H27N9O. The monoisotopic (exact) mass is 421 g/mol. The number of nitrogens with two attached hydrogens (primary N) is 1. The molecule has 2 N–H and O–H groups in total. The molecule has 0 aliphatic carbocycles. The minimum Gasteiger partial charge on any atom is -0.419 e. The van der Waals surface area contributed by atoms with Crippen LogP contribution >= 0.6 is 0 Å². The Bertz CT molecular complexity index is 1020. The van der Waals surface area contributed by atoms with E-state index in [1.165, 1.54) is 12.8 Å². The summed E-state index contributed by atoms with van der Waals surface area (Å²) in [5, 5.41) is 17.2. The van der Waals surface area contributed by atoms with Crippen molar-refractivity contribution in [2.45, 2.75) is 44.6 Å². The maximum atomic E-state index is 6.08. The fraction of sp³-hybridized carbons (Fsp3) is 0.524. The van der Waals surface area contributed by atoms with Gasteiger partial charge in [0.25, 0.3) is 5.89 Å². The predicted molar refractivity (Wildman–Crippen MR) is 116 cm³/mol. The number of hydrogen-bond donors (Lipinski definition) is 1. The van der Waals surface area contributed by atoms with Crippen molar-refractivity contribution in [2.75, 3.05) is 36.0 Å². The second kappa shape index (κ2) is 8.54. The standard InChI is InChI=1S/C21H27N9O/c1-14(16-6-7-18(26-25-16)30-10-4-5-15(22)13-30)20-27-28-21(31-20)17-11-23-12-19(24-17)29-8-2-3-9-29/h6-7,11-12,14-15H,2-5,8-10,13,22H2,1H3/t14?,15-/m1/s1. The average Bonchev–Trinajstić information content (AvgIpc) is 3.52. The van der Waals surface area contributed by atoms with Crippen molar-refractivity contribution >= 4 is 11.6 Å². The van der Waals surface area contributed by atoms with Crippen LogP contribution in [0.1, 0.15) is 50.1 Å². The molecule has 0 bridgehead atoms. The van der Waals surface area contributed by atoms with Gasteiger partial charge in [-0.2, -0.15) is 5.10 Å². The molecule has 0 aromatic carbocycles. The number of rotatable bonds is 5. The Kier molecular flexibility index (Phi) is 5.46. The minimum absolute atomic E-state index is 0.180. The Labute approximate surface area is 180 Å². The summed E-state index contributed by atoms with van der Waals surface area (Å²) < 4.78 is 5.93. The molecule has 162 valence electrons. The van der Waals surface area contributed by atoms with Gasteiger partial charge < -0.3 is 20.0 Å². The van der Waals surface area contributed by atoms with Gasteiger partial charge in [-0.3, -0.25) is 4.98 Å². The van der Waals surface area contributed by atoms with Crippen molar-refractivity contribution in [3.05, 3.63) is 36.1 Å². The van der Waals surface area contributed by atoms with E-state index in [0.717, 1.165) is 56.4 Å². The quantitative estimate of drug-likeness (QED) is 0.654. The Morgan fingerprint density at radius 2 is 1.81 bits per heavy atom. The van der Waals surface area contributed by atoms with Crippen LogP contribution in [0.3, 0.4) is 0 Å². The molecule has 2 aliphatic rings. The molecular weight excluding hydrogens is 394 g/mol. The molecule has 2 aliphatic heterocycles. The van der Waals surface area contributed by atoms with Gasteiger partial charge in [0.15, 0.2) is 5.82 Å². The van der Waals surface area contributed by atoms with E-state index in [-0.39, 0.29) is 12.0 Å². The molecule has 5 rings (SSSR count). The summed E-state index contributed by atoms with van der Waals surface area (Å²) in [4.78, 5) is 13.4. The second-order valence-corrected chi connectivity index (χ2v) is 8.29. The van der Waals surface area contributed by atoms with Crippen LogP contribution in [-0.4, -0.2) is 62.6 Å². The van der Waals surface area contributed by atoms with E-state index in [2.05, 4.69) is 40.2 Å². The lowest BCUT2D eigenvalue weighted by Gasteiger charge is -2.31. The average molecular weight is 422 g/mol. The van der Waals surface area contributed by atoms with Crippen LogP contribution in [0.4, 0.5) is 11.6 Å². The van der Waals surface area contributed by atoms with E-state index >= 15 is 0 Å². The van der Waals surface area contributed by atoms with E-state index < -0.39 is 0 Å². The molecule has 31 heavy (non-hydrogen) atoms. The zero-order valence-corrected chi connectivity index (χ0v) is 17.7. The molecule has 5 heterocycles. The summed E-state index contributed by atoms with van der Waals surface area (Å²) in [6.07, 6.45) is 7.93. The second-order valence-electron chi connectivity index (χ2n) is 8.29. The van der Waals surface area contributed by atoms with Crippen molar-refractivity contribution < 1.29 is 4.42 Å². The lowest BCUT2D eigenvalue weighted by Crippen LogP contribution is -2.43. The van der Waals surface area contributed by atoms with Crippen LogP contribution in [0, 0.1) is 0 Å². The van der Waals surface area contributed by atoms with Gasteiger partial charge >= 0.3 is 0 Å². The molecule has 0 saturated carbocycles. The van der Waals surface area contributed by atoms with Gasteiger partial charge in [0.1, 0.15) is 11.5 Å². The largest absolute Gasteiger partial charge is 0.419 e. The van der Waals surface area contributed by atoms with E-state index in [0.29, 0.717) is 17.5 Å². The first-order valence-electron chi connectivity index (χ1n) is 10.9.